The largest absolute Gasteiger partial charge is 0.410 e. The van der Waals surface area contributed by atoms with E-state index >= 15 is 0 Å². The average Bonchev–Trinajstić information content (AvgIpc) is 2.17. The molecule has 6 heteroatoms. The Kier molecular flexibility index (Phi) is 1.62. The standard InChI is InChI=1S/C4H6N2O3S/c1-2-3(9-10)5-6(8)4(2)7/h5,8,10H,1H3. The Labute approximate surface area is 61.8 Å². The highest BCUT2D eigenvalue weighted by Gasteiger charge is 2.08. The fraction of sp³-hybridized carbons (Fsp3) is 0.250. The third-order valence-electron chi connectivity index (χ3n) is 1.15. The Morgan fingerprint density at radius 2 is 2.40 bits per heavy atom. The lowest BCUT2D eigenvalue weighted by molar-refractivity contribution is 0.137. The van der Waals surface area contributed by atoms with Crippen molar-refractivity contribution in [1.29, 1.82) is 0 Å². The van der Waals surface area contributed by atoms with Crippen molar-refractivity contribution in [3.63, 3.8) is 0 Å². The maximum absolute atomic E-state index is 10.7. The van der Waals surface area contributed by atoms with Crippen molar-refractivity contribution in [2.24, 2.45) is 0 Å². The van der Waals surface area contributed by atoms with Gasteiger partial charge in [0.25, 0.3) is 0 Å². The van der Waals surface area contributed by atoms with Gasteiger partial charge in [-0.25, -0.2) is 5.10 Å². The van der Waals surface area contributed by atoms with Crippen LogP contribution in [0.15, 0.2) is 4.79 Å². The van der Waals surface area contributed by atoms with E-state index in [1.165, 1.54) is 6.92 Å². The molecule has 0 aliphatic rings. The Hall–Kier alpha value is -1.04. The molecule has 0 saturated heterocycles. The number of aromatic amines is 1. The summed E-state index contributed by atoms with van der Waals surface area (Å²) < 4.78 is 4.40. The molecule has 1 aromatic heterocycles. The molecule has 10 heavy (non-hydrogen) atoms. The molecule has 1 heterocycles. The van der Waals surface area contributed by atoms with Crippen molar-refractivity contribution in [2.45, 2.75) is 6.92 Å². The van der Waals surface area contributed by atoms with E-state index in [4.69, 9.17) is 5.21 Å². The van der Waals surface area contributed by atoms with Crippen LogP contribution in [-0.4, -0.2) is 15.2 Å². The molecule has 0 atom stereocenters. The molecular weight excluding hydrogens is 156 g/mol. The third-order valence-corrected chi connectivity index (χ3v) is 1.34. The number of H-pyrrole nitrogens is 1. The number of hydrogen-bond donors (Lipinski definition) is 3. The van der Waals surface area contributed by atoms with Crippen LogP contribution in [0.1, 0.15) is 5.56 Å². The van der Waals surface area contributed by atoms with E-state index in [9.17, 15) is 4.79 Å². The normalized spacial score (nSPS) is 9.80. The highest BCUT2D eigenvalue weighted by atomic mass is 32.1. The van der Waals surface area contributed by atoms with E-state index in [1.54, 1.807) is 0 Å². The number of hydrogen-bond acceptors (Lipinski definition) is 4. The van der Waals surface area contributed by atoms with Gasteiger partial charge in [-0.15, -0.1) is 0 Å². The lowest BCUT2D eigenvalue weighted by Crippen LogP contribution is -2.14. The predicted octanol–water partition coefficient (Wildman–Crippen LogP) is -0.0543. The first-order valence-electron chi connectivity index (χ1n) is 2.49. The molecule has 0 aliphatic heterocycles. The summed E-state index contributed by atoms with van der Waals surface area (Å²) in [6, 6.07) is 0. The number of nitrogens with one attached hydrogen (secondary N) is 1. The van der Waals surface area contributed by atoms with Gasteiger partial charge in [0.2, 0.25) is 5.88 Å². The van der Waals surface area contributed by atoms with Gasteiger partial charge in [0.15, 0.2) is 0 Å². The van der Waals surface area contributed by atoms with Crippen LogP contribution in [0, 0.1) is 6.92 Å². The number of aromatic nitrogens is 2. The first-order valence-corrected chi connectivity index (χ1v) is 2.85. The predicted molar refractivity (Wildman–Crippen MR) is 36.6 cm³/mol. The van der Waals surface area contributed by atoms with Crippen LogP contribution in [-0.2, 0) is 0 Å². The van der Waals surface area contributed by atoms with Crippen molar-refractivity contribution in [3.05, 3.63) is 15.9 Å². The smallest absolute Gasteiger partial charge is 0.308 e. The maximum atomic E-state index is 10.7. The summed E-state index contributed by atoms with van der Waals surface area (Å²) in [6.45, 7) is 1.51. The minimum Gasteiger partial charge on any atom is -0.410 e. The first kappa shape index (κ1) is 7.07. The second-order valence-corrected chi connectivity index (χ2v) is 1.96. The van der Waals surface area contributed by atoms with Crippen LogP contribution in [0.3, 0.4) is 0 Å². The Morgan fingerprint density at radius 1 is 1.80 bits per heavy atom. The molecule has 1 rings (SSSR count). The summed E-state index contributed by atoms with van der Waals surface area (Å²) in [5, 5.41) is 10.9. The molecular formula is C4H6N2O3S. The molecule has 0 saturated carbocycles. The average molecular weight is 162 g/mol. The number of nitrogens with zero attached hydrogens (tertiary/aromatic N) is 1. The van der Waals surface area contributed by atoms with Crippen molar-refractivity contribution < 1.29 is 9.39 Å². The molecule has 56 valence electrons. The van der Waals surface area contributed by atoms with Gasteiger partial charge in [0.1, 0.15) is 0 Å². The van der Waals surface area contributed by atoms with E-state index in [1.807, 2.05) is 0 Å². The fourth-order valence-electron chi connectivity index (χ4n) is 0.576. The SMILES string of the molecule is Cc1c(OS)[nH]n(O)c1=O. The van der Waals surface area contributed by atoms with Crippen LogP contribution in [0.4, 0.5) is 0 Å². The summed E-state index contributed by atoms with van der Waals surface area (Å²) in [4.78, 5) is 11.1. The minimum atomic E-state index is -0.538. The lowest BCUT2D eigenvalue weighted by atomic mass is 10.4. The highest BCUT2D eigenvalue weighted by molar-refractivity contribution is 7.75. The molecule has 0 amide bonds. The van der Waals surface area contributed by atoms with Gasteiger partial charge in [-0.05, 0) is 6.92 Å². The summed E-state index contributed by atoms with van der Waals surface area (Å²) in [5.74, 6) is 0.149. The third kappa shape index (κ3) is 0.860. The van der Waals surface area contributed by atoms with Crippen LogP contribution in [0.25, 0.3) is 0 Å². The second-order valence-electron chi connectivity index (χ2n) is 1.77. The zero-order valence-corrected chi connectivity index (χ0v) is 6.05. The lowest BCUT2D eigenvalue weighted by Gasteiger charge is -1.89. The molecule has 2 N–H and O–H groups in total. The summed E-state index contributed by atoms with van der Waals surface area (Å²) in [7, 11) is 0. The molecule has 1 aromatic rings. The topological polar surface area (TPSA) is 67.2 Å². The molecule has 0 bridgehead atoms. The molecule has 0 aliphatic carbocycles. The van der Waals surface area contributed by atoms with E-state index < -0.39 is 5.56 Å². The number of rotatable bonds is 1. The van der Waals surface area contributed by atoms with Crippen LogP contribution in [0.2, 0.25) is 0 Å². The summed E-state index contributed by atoms with van der Waals surface area (Å²) in [5.41, 5.74) is -0.249. The Balaban J connectivity index is 3.31. The van der Waals surface area contributed by atoms with Gasteiger partial charge >= 0.3 is 5.56 Å². The molecule has 0 spiro atoms. The van der Waals surface area contributed by atoms with Gasteiger partial charge in [-0.3, -0.25) is 4.79 Å². The van der Waals surface area contributed by atoms with Crippen molar-refractivity contribution in [3.8, 4) is 5.88 Å². The number of thiol groups is 1. The van der Waals surface area contributed by atoms with Crippen LogP contribution in [0.5, 0.6) is 5.88 Å². The Morgan fingerprint density at radius 3 is 2.60 bits per heavy atom. The van der Waals surface area contributed by atoms with Gasteiger partial charge < -0.3 is 9.39 Å². The zero-order chi connectivity index (χ0) is 7.72. The zero-order valence-electron chi connectivity index (χ0n) is 5.16. The van der Waals surface area contributed by atoms with Crippen molar-refractivity contribution in [1.82, 2.24) is 9.94 Å². The molecule has 0 unspecified atom stereocenters. The van der Waals surface area contributed by atoms with E-state index in [0.29, 0.717) is 4.85 Å². The van der Waals surface area contributed by atoms with E-state index in [0.717, 1.165) is 0 Å². The Bertz CT molecular complexity index is 289. The molecule has 0 fully saturated rings. The fourth-order valence-corrected chi connectivity index (χ4v) is 0.753. The summed E-state index contributed by atoms with van der Waals surface area (Å²) in [6.07, 6.45) is 0. The van der Waals surface area contributed by atoms with Crippen LogP contribution >= 0.6 is 12.9 Å². The molecule has 0 radical (unpaired) electrons. The second kappa shape index (κ2) is 2.30. The van der Waals surface area contributed by atoms with Gasteiger partial charge in [-0.2, -0.15) is 0 Å². The van der Waals surface area contributed by atoms with Gasteiger partial charge in [0.05, 0.1) is 5.56 Å². The monoisotopic (exact) mass is 162 g/mol. The summed E-state index contributed by atoms with van der Waals surface area (Å²) >= 11 is 3.45. The maximum Gasteiger partial charge on any atom is 0.308 e. The van der Waals surface area contributed by atoms with E-state index in [2.05, 4.69) is 22.2 Å². The molecule has 5 nitrogen and oxygen atoms in total. The van der Waals surface area contributed by atoms with Gasteiger partial charge in [0, 0.05) is 12.9 Å². The molecule has 0 aromatic carbocycles. The van der Waals surface area contributed by atoms with Gasteiger partial charge in [-0.1, -0.05) is 4.85 Å². The van der Waals surface area contributed by atoms with Crippen molar-refractivity contribution >= 4 is 12.9 Å². The van der Waals surface area contributed by atoms with E-state index in [-0.39, 0.29) is 11.4 Å². The highest BCUT2D eigenvalue weighted by Crippen LogP contribution is 2.09. The minimum absolute atomic E-state index is 0.149. The van der Waals surface area contributed by atoms with Crippen molar-refractivity contribution in [2.75, 3.05) is 0 Å². The first-order chi connectivity index (χ1) is 4.66. The van der Waals surface area contributed by atoms with Crippen LogP contribution < -0.4 is 9.74 Å². The quantitative estimate of drug-likeness (QED) is 0.308.